The second-order valence-electron chi connectivity index (χ2n) is 6.81. The summed E-state index contributed by atoms with van der Waals surface area (Å²) in [6.45, 7) is 0.913. The molecular weight excluding hydrogens is 450 g/mol. The van der Waals surface area contributed by atoms with Gasteiger partial charge in [0.15, 0.2) is 17.2 Å². The molecule has 0 saturated carbocycles. The highest BCUT2D eigenvalue weighted by Gasteiger charge is 2.20. The van der Waals surface area contributed by atoms with Crippen molar-refractivity contribution in [1.82, 2.24) is 25.6 Å². The van der Waals surface area contributed by atoms with Crippen molar-refractivity contribution in [2.75, 3.05) is 27.9 Å². The summed E-state index contributed by atoms with van der Waals surface area (Å²) in [7, 11) is 4.42. The van der Waals surface area contributed by atoms with E-state index in [1.165, 1.54) is 32.2 Å². The molecule has 11 heteroatoms. The Kier molecular flexibility index (Phi) is 8.09. The van der Waals surface area contributed by atoms with Crippen LogP contribution in [0, 0.1) is 0 Å². The van der Waals surface area contributed by atoms with Gasteiger partial charge < -0.3 is 24.8 Å². The minimum atomic E-state index is -0.353. The van der Waals surface area contributed by atoms with Crippen molar-refractivity contribution in [3.8, 4) is 17.2 Å². The van der Waals surface area contributed by atoms with Crippen LogP contribution in [0.1, 0.15) is 26.4 Å². The molecule has 0 saturated heterocycles. The lowest BCUT2D eigenvalue weighted by molar-refractivity contribution is 0.0938. The van der Waals surface area contributed by atoms with Crippen molar-refractivity contribution in [1.29, 1.82) is 0 Å². The molecule has 1 aromatic heterocycles. The molecule has 1 heterocycles. The van der Waals surface area contributed by atoms with Crippen LogP contribution in [0.25, 0.3) is 0 Å². The first kappa shape index (κ1) is 23.9. The molecule has 2 amide bonds. The number of aromatic nitrogens is 3. The minimum Gasteiger partial charge on any atom is -0.493 e. The zero-order valence-electron chi connectivity index (χ0n) is 18.4. The summed E-state index contributed by atoms with van der Waals surface area (Å²) in [4.78, 5) is 24.9. The van der Waals surface area contributed by atoms with E-state index in [1.54, 1.807) is 24.3 Å². The van der Waals surface area contributed by atoms with Gasteiger partial charge in [-0.3, -0.25) is 9.59 Å². The number of hydrogen-bond acceptors (Lipinski definition) is 7. The Bertz CT molecular complexity index is 1120. The third-order valence-electron chi connectivity index (χ3n) is 4.71. The van der Waals surface area contributed by atoms with E-state index < -0.39 is 0 Å². The topological polar surface area (TPSA) is 117 Å². The number of amides is 2. The summed E-state index contributed by atoms with van der Waals surface area (Å²) >= 11 is 5.86. The van der Waals surface area contributed by atoms with Crippen LogP contribution >= 0.6 is 11.6 Å². The molecule has 0 unspecified atom stereocenters. The average Bonchev–Trinajstić information content (AvgIpc) is 3.31. The van der Waals surface area contributed by atoms with Gasteiger partial charge in [-0.2, -0.15) is 0 Å². The van der Waals surface area contributed by atoms with E-state index in [2.05, 4.69) is 20.9 Å². The number of hydrogen-bond donors (Lipinski definition) is 2. The first-order valence-corrected chi connectivity index (χ1v) is 10.3. The summed E-state index contributed by atoms with van der Waals surface area (Å²) < 4.78 is 17.4. The summed E-state index contributed by atoms with van der Waals surface area (Å²) in [5.74, 6) is 0.354. The van der Waals surface area contributed by atoms with Crippen LogP contribution in [0.2, 0.25) is 5.02 Å². The van der Waals surface area contributed by atoms with E-state index in [1.807, 2.05) is 12.1 Å². The van der Waals surface area contributed by atoms with Crippen molar-refractivity contribution in [2.45, 2.75) is 13.1 Å². The van der Waals surface area contributed by atoms with E-state index >= 15 is 0 Å². The van der Waals surface area contributed by atoms with Gasteiger partial charge in [0, 0.05) is 18.1 Å². The number of methoxy groups -OCH3 is 3. The Morgan fingerprint density at radius 3 is 2.33 bits per heavy atom. The first-order chi connectivity index (χ1) is 16.0. The van der Waals surface area contributed by atoms with Crippen LogP contribution in [-0.4, -0.2) is 54.7 Å². The van der Waals surface area contributed by atoms with Gasteiger partial charge in [0.1, 0.15) is 0 Å². The molecule has 3 rings (SSSR count). The highest BCUT2D eigenvalue weighted by molar-refractivity contribution is 6.30. The van der Waals surface area contributed by atoms with Crippen LogP contribution < -0.4 is 24.8 Å². The molecular formula is C22H24ClN5O5. The molecule has 0 aliphatic rings. The number of rotatable bonds is 10. The molecule has 0 fully saturated rings. The second-order valence-corrected chi connectivity index (χ2v) is 7.25. The summed E-state index contributed by atoms with van der Waals surface area (Å²) in [6, 6.07) is 10.4. The molecule has 174 valence electrons. The van der Waals surface area contributed by atoms with E-state index in [0.29, 0.717) is 35.2 Å². The number of ether oxygens (including phenoxy) is 3. The number of halogens is 1. The Morgan fingerprint density at radius 1 is 0.939 bits per heavy atom. The Morgan fingerprint density at radius 2 is 1.67 bits per heavy atom. The molecule has 0 aliphatic carbocycles. The van der Waals surface area contributed by atoms with Crippen molar-refractivity contribution in [3.63, 3.8) is 0 Å². The summed E-state index contributed by atoms with van der Waals surface area (Å²) in [6.07, 6.45) is 1.51. The maximum absolute atomic E-state index is 12.6. The third kappa shape index (κ3) is 5.92. The SMILES string of the molecule is COc1ccc(C(=O)NCCn2cc(C(=O)NCc3ccc(Cl)cc3)nn2)c(OC)c1OC. The number of nitrogens with zero attached hydrogens (tertiary/aromatic N) is 3. The van der Waals surface area contributed by atoms with Gasteiger partial charge in [-0.05, 0) is 29.8 Å². The highest BCUT2D eigenvalue weighted by Crippen LogP contribution is 2.39. The van der Waals surface area contributed by atoms with E-state index in [4.69, 9.17) is 25.8 Å². The predicted octanol–water partition coefficient (Wildman–Crippen LogP) is 2.32. The molecule has 3 aromatic rings. The number of benzene rings is 2. The molecule has 0 spiro atoms. The average molecular weight is 474 g/mol. The van der Waals surface area contributed by atoms with Crippen molar-refractivity contribution in [2.24, 2.45) is 0 Å². The maximum atomic E-state index is 12.6. The molecule has 0 radical (unpaired) electrons. The molecule has 33 heavy (non-hydrogen) atoms. The quantitative estimate of drug-likeness (QED) is 0.464. The first-order valence-electron chi connectivity index (χ1n) is 9.96. The van der Waals surface area contributed by atoms with E-state index in [9.17, 15) is 9.59 Å². The van der Waals surface area contributed by atoms with E-state index in [-0.39, 0.29) is 29.8 Å². The monoisotopic (exact) mass is 473 g/mol. The summed E-state index contributed by atoms with van der Waals surface area (Å²) in [5.41, 5.74) is 1.39. The molecule has 10 nitrogen and oxygen atoms in total. The van der Waals surface area contributed by atoms with E-state index in [0.717, 1.165) is 5.56 Å². The Hall–Kier alpha value is -3.79. The van der Waals surface area contributed by atoms with Crippen molar-refractivity contribution >= 4 is 23.4 Å². The van der Waals surface area contributed by atoms with Crippen LogP contribution in [0.15, 0.2) is 42.6 Å². The Balaban J connectivity index is 1.54. The fraction of sp³-hybridized carbons (Fsp3) is 0.273. The number of carbonyl (C=O) groups excluding carboxylic acids is 2. The number of nitrogens with one attached hydrogen (secondary N) is 2. The zero-order valence-corrected chi connectivity index (χ0v) is 19.2. The van der Waals surface area contributed by atoms with Gasteiger partial charge in [0.2, 0.25) is 5.75 Å². The van der Waals surface area contributed by atoms with Crippen LogP contribution in [-0.2, 0) is 13.1 Å². The minimum absolute atomic E-state index is 0.178. The fourth-order valence-electron chi connectivity index (χ4n) is 3.05. The second kappa shape index (κ2) is 11.2. The lowest BCUT2D eigenvalue weighted by Crippen LogP contribution is -2.28. The maximum Gasteiger partial charge on any atom is 0.273 e. The lowest BCUT2D eigenvalue weighted by atomic mass is 10.1. The lowest BCUT2D eigenvalue weighted by Gasteiger charge is -2.15. The molecule has 2 N–H and O–H groups in total. The van der Waals surface area contributed by atoms with Crippen LogP contribution in [0.4, 0.5) is 0 Å². The van der Waals surface area contributed by atoms with Gasteiger partial charge in [0.25, 0.3) is 11.8 Å². The molecule has 2 aromatic carbocycles. The third-order valence-corrected chi connectivity index (χ3v) is 4.96. The smallest absolute Gasteiger partial charge is 0.273 e. The van der Waals surface area contributed by atoms with Gasteiger partial charge in [-0.15, -0.1) is 5.10 Å². The fourth-order valence-corrected chi connectivity index (χ4v) is 3.17. The van der Waals surface area contributed by atoms with Gasteiger partial charge in [0.05, 0.1) is 39.6 Å². The largest absolute Gasteiger partial charge is 0.493 e. The van der Waals surface area contributed by atoms with Crippen molar-refractivity contribution < 1.29 is 23.8 Å². The summed E-state index contributed by atoms with van der Waals surface area (Å²) in [5, 5.41) is 14.0. The van der Waals surface area contributed by atoms with Gasteiger partial charge in [-0.25, -0.2) is 4.68 Å². The predicted molar refractivity (Wildman–Crippen MR) is 121 cm³/mol. The zero-order chi connectivity index (χ0) is 23.8. The highest BCUT2D eigenvalue weighted by atomic mass is 35.5. The van der Waals surface area contributed by atoms with Crippen LogP contribution in [0.5, 0.6) is 17.2 Å². The van der Waals surface area contributed by atoms with Crippen molar-refractivity contribution in [3.05, 3.63) is 64.4 Å². The van der Waals surface area contributed by atoms with Gasteiger partial charge >= 0.3 is 0 Å². The molecule has 0 bridgehead atoms. The Labute approximate surface area is 195 Å². The molecule has 0 atom stereocenters. The number of carbonyl (C=O) groups is 2. The van der Waals surface area contributed by atoms with Crippen LogP contribution in [0.3, 0.4) is 0 Å². The standard InChI is InChI=1S/C22H24ClN5O5/c1-31-18-9-8-16(19(32-2)20(18)33-3)21(29)24-10-11-28-13-17(26-27-28)22(30)25-12-14-4-6-15(23)7-5-14/h4-9,13H,10-12H2,1-3H3,(H,24,29)(H,25,30). The van der Waals surface area contributed by atoms with Gasteiger partial charge in [-0.1, -0.05) is 28.9 Å². The molecule has 0 aliphatic heterocycles. The normalized spacial score (nSPS) is 10.4.